The number of ether oxygens (including phenoxy) is 2. The summed E-state index contributed by atoms with van der Waals surface area (Å²) in [7, 11) is 3.05. The number of methoxy groups -OCH3 is 2. The Morgan fingerprint density at radius 1 is 1.26 bits per heavy atom. The molecule has 6 nitrogen and oxygen atoms in total. The molecule has 19 heavy (non-hydrogen) atoms. The third kappa shape index (κ3) is 2.82. The molecule has 0 radical (unpaired) electrons. The second-order valence-corrected chi connectivity index (χ2v) is 3.62. The molecular formula is C12H13FN4O2. The van der Waals surface area contributed by atoms with E-state index in [0.717, 1.165) is 6.20 Å². The maximum absolute atomic E-state index is 13.5. The van der Waals surface area contributed by atoms with Gasteiger partial charge in [-0.25, -0.2) is 9.37 Å². The van der Waals surface area contributed by atoms with Gasteiger partial charge in [-0.15, -0.1) is 0 Å². The first-order chi connectivity index (χ1) is 9.13. The highest BCUT2D eigenvalue weighted by molar-refractivity contribution is 5.66. The van der Waals surface area contributed by atoms with Gasteiger partial charge >= 0.3 is 0 Å². The van der Waals surface area contributed by atoms with Gasteiger partial charge in [0.15, 0.2) is 11.6 Å². The first-order valence-corrected chi connectivity index (χ1v) is 5.41. The molecule has 2 aromatic rings. The van der Waals surface area contributed by atoms with Crippen LogP contribution in [-0.2, 0) is 0 Å². The fourth-order valence-electron chi connectivity index (χ4n) is 1.50. The van der Waals surface area contributed by atoms with Crippen molar-refractivity contribution in [2.24, 2.45) is 0 Å². The number of halogens is 1. The molecule has 1 aromatic heterocycles. The Morgan fingerprint density at radius 3 is 2.74 bits per heavy atom. The zero-order valence-electron chi connectivity index (χ0n) is 10.5. The Bertz CT molecular complexity index is 592. The van der Waals surface area contributed by atoms with E-state index in [1.807, 2.05) is 0 Å². The molecule has 0 aliphatic heterocycles. The lowest BCUT2D eigenvalue weighted by atomic mass is 10.2. The molecule has 1 aromatic carbocycles. The van der Waals surface area contributed by atoms with Crippen LogP contribution in [0.15, 0.2) is 24.4 Å². The minimum absolute atomic E-state index is 0.0172. The monoisotopic (exact) mass is 264 g/mol. The summed E-state index contributed by atoms with van der Waals surface area (Å²) in [5.74, 6) is 0.487. The van der Waals surface area contributed by atoms with Gasteiger partial charge in [0.05, 0.1) is 26.1 Å². The Morgan fingerprint density at radius 2 is 2.05 bits per heavy atom. The normalized spacial score (nSPS) is 10.1. The standard InChI is InChI=1S/C12H13FN4O2/c1-18-7-3-4-9(10(5-7)19-2)16-11-8(13)6-15-12(14)17-11/h3-6H,1-2H3,(H3,14,15,16,17). The highest BCUT2D eigenvalue weighted by Crippen LogP contribution is 2.31. The maximum atomic E-state index is 13.5. The second-order valence-electron chi connectivity index (χ2n) is 3.62. The second kappa shape index (κ2) is 5.38. The Balaban J connectivity index is 2.35. The van der Waals surface area contributed by atoms with Gasteiger partial charge in [0.25, 0.3) is 0 Å². The van der Waals surface area contributed by atoms with E-state index in [9.17, 15) is 4.39 Å². The molecule has 0 saturated heterocycles. The van der Waals surface area contributed by atoms with Crippen molar-refractivity contribution < 1.29 is 13.9 Å². The molecule has 0 spiro atoms. The van der Waals surface area contributed by atoms with Gasteiger partial charge < -0.3 is 20.5 Å². The molecule has 1 heterocycles. The minimum Gasteiger partial charge on any atom is -0.497 e. The SMILES string of the molecule is COc1ccc(Nc2nc(N)ncc2F)c(OC)c1. The Kier molecular flexibility index (Phi) is 3.65. The van der Waals surface area contributed by atoms with Crippen molar-refractivity contribution in [3.63, 3.8) is 0 Å². The van der Waals surface area contributed by atoms with Gasteiger partial charge in [0, 0.05) is 6.07 Å². The number of nitrogens with two attached hydrogens (primary N) is 1. The van der Waals surface area contributed by atoms with Crippen molar-refractivity contribution >= 4 is 17.5 Å². The van der Waals surface area contributed by atoms with E-state index in [1.165, 1.54) is 7.11 Å². The number of rotatable bonds is 4. The van der Waals surface area contributed by atoms with Crippen LogP contribution in [0.1, 0.15) is 0 Å². The smallest absolute Gasteiger partial charge is 0.222 e. The fraction of sp³-hybridized carbons (Fsp3) is 0.167. The molecule has 0 aliphatic carbocycles. The number of aromatic nitrogens is 2. The topological polar surface area (TPSA) is 82.3 Å². The average Bonchev–Trinajstić information content (AvgIpc) is 2.43. The van der Waals surface area contributed by atoms with Crippen molar-refractivity contribution in [2.75, 3.05) is 25.3 Å². The first-order valence-electron chi connectivity index (χ1n) is 5.41. The molecule has 0 fully saturated rings. The van der Waals surface area contributed by atoms with Crippen LogP contribution in [0, 0.1) is 5.82 Å². The van der Waals surface area contributed by atoms with Crippen LogP contribution in [-0.4, -0.2) is 24.2 Å². The van der Waals surface area contributed by atoms with Crippen molar-refractivity contribution in [3.8, 4) is 11.5 Å². The zero-order valence-corrected chi connectivity index (χ0v) is 10.5. The van der Waals surface area contributed by atoms with Gasteiger partial charge in [0.2, 0.25) is 5.95 Å². The van der Waals surface area contributed by atoms with Gasteiger partial charge in [0.1, 0.15) is 11.5 Å². The summed E-state index contributed by atoms with van der Waals surface area (Å²) in [6.45, 7) is 0. The van der Waals surface area contributed by atoms with Gasteiger partial charge in [-0.2, -0.15) is 4.98 Å². The molecular weight excluding hydrogens is 251 g/mol. The first kappa shape index (κ1) is 12.9. The highest BCUT2D eigenvalue weighted by atomic mass is 19.1. The number of anilines is 3. The molecule has 7 heteroatoms. The molecule has 0 amide bonds. The fourth-order valence-corrected chi connectivity index (χ4v) is 1.50. The summed E-state index contributed by atoms with van der Waals surface area (Å²) in [5.41, 5.74) is 5.96. The Labute approximate surface area is 109 Å². The molecule has 0 bridgehead atoms. The van der Waals surface area contributed by atoms with Gasteiger partial charge in [-0.1, -0.05) is 0 Å². The molecule has 2 rings (SSSR count). The van der Waals surface area contributed by atoms with Crippen molar-refractivity contribution in [3.05, 3.63) is 30.2 Å². The summed E-state index contributed by atoms with van der Waals surface area (Å²) < 4.78 is 23.8. The summed E-state index contributed by atoms with van der Waals surface area (Å²) in [4.78, 5) is 7.33. The van der Waals surface area contributed by atoms with E-state index in [4.69, 9.17) is 15.2 Å². The average molecular weight is 264 g/mol. The van der Waals surface area contributed by atoms with E-state index < -0.39 is 5.82 Å². The number of nitrogens with zero attached hydrogens (tertiary/aromatic N) is 2. The van der Waals surface area contributed by atoms with Crippen LogP contribution in [0.3, 0.4) is 0 Å². The lowest BCUT2D eigenvalue weighted by molar-refractivity contribution is 0.395. The highest BCUT2D eigenvalue weighted by Gasteiger charge is 2.10. The molecule has 100 valence electrons. The largest absolute Gasteiger partial charge is 0.497 e. The lowest BCUT2D eigenvalue weighted by Crippen LogP contribution is -2.03. The van der Waals surface area contributed by atoms with Gasteiger partial charge in [-0.05, 0) is 12.1 Å². The van der Waals surface area contributed by atoms with Crippen molar-refractivity contribution in [1.82, 2.24) is 9.97 Å². The summed E-state index contributed by atoms with van der Waals surface area (Å²) in [6.07, 6.45) is 1.00. The maximum Gasteiger partial charge on any atom is 0.222 e. The van der Waals surface area contributed by atoms with Gasteiger partial charge in [-0.3, -0.25) is 0 Å². The van der Waals surface area contributed by atoms with E-state index >= 15 is 0 Å². The van der Waals surface area contributed by atoms with E-state index in [2.05, 4.69) is 15.3 Å². The number of hydrogen-bond acceptors (Lipinski definition) is 6. The molecule has 0 atom stereocenters. The van der Waals surface area contributed by atoms with Crippen LogP contribution in [0.2, 0.25) is 0 Å². The van der Waals surface area contributed by atoms with Crippen LogP contribution in [0.4, 0.5) is 21.8 Å². The molecule has 3 N–H and O–H groups in total. The summed E-state index contributed by atoms with van der Waals surface area (Å²) in [5, 5.41) is 2.80. The van der Waals surface area contributed by atoms with Crippen LogP contribution in [0.5, 0.6) is 11.5 Å². The number of hydrogen-bond donors (Lipinski definition) is 2. The Hall–Kier alpha value is -2.57. The van der Waals surface area contributed by atoms with E-state index in [-0.39, 0.29) is 11.8 Å². The molecule has 0 saturated carbocycles. The van der Waals surface area contributed by atoms with Crippen molar-refractivity contribution in [1.29, 1.82) is 0 Å². The van der Waals surface area contributed by atoms with Crippen molar-refractivity contribution in [2.45, 2.75) is 0 Å². The molecule has 0 unspecified atom stereocenters. The number of nitrogens with one attached hydrogen (secondary N) is 1. The number of benzene rings is 1. The minimum atomic E-state index is -0.605. The third-order valence-electron chi connectivity index (χ3n) is 2.42. The predicted molar refractivity (Wildman–Crippen MR) is 69.2 cm³/mol. The molecule has 0 aliphatic rings. The predicted octanol–water partition coefficient (Wildman–Crippen LogP) is 1.96. The number of nitrogen functional groups attached to an aromatic ring is 1. The van der Waals surface area contributed by atoms with Crippen LogP contribution >= 0.6 is 0 Å². The summed E-state index contributed by atoms with van der Waals surface area (Å²) in [6, 6.07) is 5.08. The third-order valence-corrected chi connectivity index (χ3v) is 2.42. The van der Waals surface area contributed by atoms with E-state index in [1.54, 1.807) is 25.3 Å². The zero-order chi connectivity index (χ0) is 13.8. The quantitative estimate of drug-likeness (QED) is 0.878. The summed E-state index contributed by atoms with van der Waals surface area (Å²) >= 11 is 0. The van der Waals surface area contributed by atoms with Crippen LogP contribution in [0.25, 0.3) is 0 Å². The van der Waals surface area contributed by atoms with E-state index in [0.29, 0.717) is 17.2 Å². The van der Waals surface area contributed by atoms with Crippen LogP contribution < -0.4 is 20.5 Å². The lowest BCUT2D eigenvalue weighted by Gasteiger charge is -2.12.